The van der Waals surface area contributed by atoms with Crippen LogP contribution in [0, 0.1) is 0 Å². The minimum absolute atomic E-state index is 0.108. The van der Waals surface area contributed by atoms with Gasteiger partial charge in [0, 0.05) is 56.4 Å². The first-order valence-corrected chi connectivity index (χ1v) is 11.2. The van der Waals surface area contributed by atoms with Crippen molar-refractivity contribution in [3.05, 3.63) is 89.4 Å². The van der Waals surface area contributed by atoms with Crippen molar-refractivity contribution >= 4 is 17.4 Å². The third kappa shape index (κ3) is 5.62. The van der Waals surface area contributed by atoms with E-state index >= 15 is 0 Å². The van der Waals surface area contributed by atoms with E-state index in [0.29, 0.717) is 5.16 Å². The molecule has 1 N–H and O–H groups in total. The quantitative estimate of drug-likeness (QED) is 0.358. The number of anilines is 1. The van der Waals surface area contributed by atoms with Crippen LogP contribution in [0.15, 0.2) is 89.0 Å². The third-order valence-corrected chi connectivity index (χ3v) is 6.03. The summed E-state index contributed by atoms with van der Waals surface area (Å²) >= 11 is 1.54. The molecule has 2 aromatic carbocycles. The van der Waals surface area contributed by atoms with E-state index in [1.165, 1.54) is 34.6 Å². The summed E-state index contributed by atoms with van der Waals surface area (Å²) < 4.78 is 0. The van der Waals surface area contributed by atoms with Gasteiger partial charge in [0.05, 0.1) is 0 Å². The Morgan fingerprint density at radius 2 is 1.73 bits per heavy atom. The largest absolute Gasteiger partial charge is 0.369 e. The number of nitrogens with one attached hydrogen (secondary N) is 1. The van der Waals surface area contributed by atoms with Crippen LogP contribution in [0.4, 0.5) is 5.69 Å². The Kier molecular flexibility index (Phi) is 7.00. The fourth-order valence-electron chi connectivity index (χ4n) is 3.55. The van der Waals surface area contributed by atoms with Gasteiger partial charge in [-0.15, -0.1) is 0 Å². The van der Waals surface area contributed by atoms with E-state index in [2.05, 4.69) is 86.5 Å². The van der Waals surface area contributed by atoms with E-state index in [1.54, 1.807) is 6.20 Å². The lowest BCUT2D eigenvalue weighted by Crippen LogP contribution is -2.46. The number of aromatic amines is 1. The standard InChI is InChI=1S/C24H26N4OS/c29-23-11-12-25-24(26-23)30-18-5-4-13-27-14-16-28(17-15-27)22-10-6-9-21(19-22)20-7-2-1-3-8-20/h1-12,19H,13-18H2,(H,25,26,29)/b5-4+. The molecule has 1 aromatic heterocycles. The van der Waals surface area contributed by atoms with Crippen LogP contribution in [0.3, 0.4) is 0 Å². The third-order valence-electron chi connectivity index (χ3n) is 5.19. The zero-order valence-corrected chi connectivity index (χ0v) is 17.7. The summed E-state index contributed by atoms with van der Waals surface area (Å²) in [6.07, 6.45) is 5.90. The maximum Gasteiger partial charge on any atom is 0.251 e. The summed E-state index contributed by atoms with van der Waals surface area (Å²) in [5, 5.41) is 0.665. The van der Waals surface area contributed by atoms with Crippen molar-refractivity contribution < 1.29 is 0 Å². The van der Waals surface area contributed by atoms with Gasteiger partial charge in [0.15, 0.2) is 5.16 Å². The predicted octanol–water partition coefficient (Wildman–Crippen LogP) is 3.91. The number of benzene rings is 2. The number of thioether (sulfide) groups is 1. The second kappa shape index (κ2) is 10.3. The summed E-state index contributed by atoms with van der Waals surface area (Å²) in [5.74, 6) is 0.805. The summed E-state index contributed by atoms with van der Waals surface area (Å²) in [7, 11) is 0. The number of rotatable bonds is 7. The molecule has 6 heteroatoms. The monoisotopic (exact) mass is 418 g/mol. The Morgan fingerprint density at radius 1 is 0.933 bits per heavy atom. The molecule has 3 aromatic rings. The molecule has 0 amide bonds. The second-order valence-corrected chi connectivity index (χ2v) is 8.23. The SMILES string of the molecule is O=c1ccnc(SC/C=C/CN2CCN(c3cccc(-c4ccccc4)c3)CC2)[nH]1. The number of piperazine rings is 1. The second-order valence-electron chi connectivity index (χ2n) is 7.23. The highest BCUT2D eigenvalue weighted by molar-refractivity contribution is 7.99. The van der Waals surface area contributed by atoms with Gasteiger partial charge in [-0.3, -0.25) is 9.69 Å². The molecule has 154 valence electrons. The zero-order chi connectivity index (χ0) is 20.6. The van der Waals surface area contributed by atoms with Crippen molar-refractivity contribution in [1.82, 2.24) is 14.9 Å². The van der Waals surface area contributed by atoms with Crippen LogP contribution in [-0.2, 0) is 0 Å². The van der Waals surface area contributed by atoms with Gasteiger partial charge in [-0.2, -0.15) is 0 Å². The molecule has 1 saturated heterocycles. The average Bonchev–Trinajstić information content (AvgIpc) is 2.80. The van der Waals surface area contributed by atoms with Crippen LogP contribution < -0.4 is 10.5 Å². The summed E-state index contributed by atoms with van der Waals surface area (Å²) in [6, 6.07) is 20.8. The normalized spacial score (nSPS) is 15.0. The van der Waals surface area contributed by atoms with Gasteiger partial charge in [0.1, 0.15) is 0 Å². The van der Waals surface area contributed by atoms with Crippen LogP contribution in [0.1, 0.15) is 0 Å². The first kappa shape index (κ1) is 20.4. The van der Waals surface area contributed by atoms with Crippen LogP contribution in [0.2, 0.25) is 0 Å². The molecule has 2 heterocycles. The molecule has 4 rings (SSSR count). The Hall–Kier alpha value is -2.83. The Morgan fingerprint density at radius 3 is 2.53 bits per heavy atom. The minimum atomic E-state index is -0.108. The van der Waals surface area contributed by atoms with E-state index in [0.717, 1.165) is 38.5 Å². The van der Waals surface area contributed by atoms with E-state index < -0.39 is 0 Å². The topological polar surface area (TPSA) is 52.2 Å². The highest BCUT2D eigenvalue weighted by Crippen LogP contribution is 2.25. The number of aromatic nitrogens is 2. The van der Waals surface area contributed by atoms with Crippen LogP contribution in [-0.4, -0.2) is 53.3 Å². The number of nitrogens with zero attached hydrogens (tertiary/aromatic N) is 3. The molecule has 1 fully saturated rings. The van der Waals surface area contributed by atoms with Gasteiger partial charge in [-0.05, 0) is 23.3 Å². The van der Waals surface area contributed by atoms with Crippen molar-refractivity contribution in [1.29, 1.82) is 0 Å². The molecule has 0 unspecified atom stereocenters. The Labute approximate surface area is 181 Å². The van der Waals surface area contributed by atoms with Gasteiger partial charge < -0.3 is 9.88 Å². The lowest BCUT2D eigenvalue weighted by Gasteiger charge is -2.35. The maximum atomic E-state index is 11.3. The van der Waals surface area contributed by atoms with Gasteiger partial charge in [0.2, 0.25) is 0 Å². The molecule has 1 aliphatic rings. The van der Waals surface area contributed by atoms with Crippen molar-refractivity contribution in [2.75, 3.05) is 43.4 Å². The molecule has 0 radical (unpaired) electrons. The molecular weight excluding hydrogens is 392 g/mol. The highest BCUT2D eigenvalue weighted by atomic mass is 32.2. The van der Waals surface area contributed by atoms with Crippen LogP contribution in [0.5, 0.6) is 0 Å². The molecular formula is C24H26N4OS. The molecule has 1 aliphatic heterocycles. The first-order chi connectivity index (χ1) is 14.8. The van der Waals surface area contributed by atoms with E-state index in [9.17, 15) is 4.79 Å². The van der Waals surface area contributed by atoms with Gasteiger partial charge in [0.25, 0.3) is 5.56 Å². The summed E-state index contributed by atoms with van der Waals surface area (Å²) in [5.41, 5.74) is 3.72. The fourth-order valence-corrected chi connectivity index (χ4v) is 4.24. The highest BCUT2D eigenvalue weighted by Gasteiger charge is 2.16. The molecule has 0 aliphatic carbocycles. The van der Waals surface area contributed by atoms with Crippen molar-refractivity contribution in [3.63, 3.8) is 0 Å². The van der Waals surface area contributed by atoms with Crippen molar-refractivity contribution in [3.8, 4) is 11.1 Å². The van der Waals surface area contributed by atoms with Crippen molar-refractivity contribution in [2.45, 2.75) is 5.16 Å². The van der Waals surface area contributed by atoms with Gasteiger partial charge in [-0.1, -0.05) is 66.4 Å². The summed E-state index contributed by atoms with van der Waals surface area (Å²) in [6.45, 7) is 5.14. The molecule has 0 atom stereocenters. The zero-order valence-electron chi connectivity index (χ0n) is 16.9. The molecule has 30 heavy (non-hydrogen) atoms. The van der Waals surface area contributed by atoms with Crippen LogP contribution in [0.25, 0.3) is 11.1 Å². The van der Waals surface area contributed by atoms with Crippen molar-refractivity contribution in [2.24, 2.45) is 0 Å². The number of hydrogen-bond acceptors (Lipinski definition) is 5. The minimum Gasteiger partial charge on any atom is -0.369 e. The Balaban J connectivity index is 1.24. The summed E-state index contributed by atoms with van der Waals surface area (Å²) in [4.78, 5) is 23.1. The predicted molar refractivity (Wildman–Crippen MR) is 125 cm³/mol. The lowest BCUT2D eigenvalue weighted by atomic mass is 10.0. The smallest absolute Gasteiger partial charge is 0.251 e. The molecule has 5 nitrogen and oxygen atoms in total. The number of H-pyrrole nitrogens is 1. The Bertz CT molecular complexity index is 1030. The van der Waals surface area contributed by atoms with Crippen LogP contribution >= 0.6 is 11.8 Å². The van der Waals surface area contributed by atoms with E-state index in [4.69, 9.17) is 0 Å². The van der Waals surface area contributed by atoms with E-state index in [-0.39, 0.29) is 5.56 Å². The van der Waals surface area contributed by atoms with Gasteiger partial charge >= 0.3 is 0 Å². The fraction of sp³-hybridized carbons (Fsp3) is 0.250. The average molecular weight is 419 g/mol. The maximum absolute atomic E-state index is 11.3. The molecule has 0 saturated carbocycles. The van der Waals surface area contributed by atoms with E-state index in [1.807, 2.05) is 0 Å². The first-order valence-electron chi connectivity index (χ1n) is 10.2. The molecule has 0 bridgehead atoms. The molecule has 0 spiro atoms. The lowest BCUT2D eigenvalue weighted by molar-refractivity contribution is 0.284. The number of hydrogen-bond donors (Lipinski definition) is 1. The van der Waals surface area contributed by atoms with Gasteiger partial charge in [-0.25, -0.2) is 4.98 Å².